The van der Waals surface area contributed by atoms with Crippen molar-refractivity contribution in [3.63, 3.8) is 0 Å². The Morgan fingerprint density at radius 1 is 0.579 bits per heavy atom. The minimum absolute atomic E-state index is 0.344. The van der Waals surface area contributed by atoms with Gasteiger partial charge < -0.3 is 18.9 Å². The van der Waals surface area contributed by atoms with Crippen LogP contribution in [0, 0.1) is 0 Å². The van der Waals surface area contributed by atoms with E-state index in [-0.39, 0.29) is 12.2 Å². The van der Waals surface area contributed by atoms with Crippen LogP contribution in [0.25, 0.3) is 6.08 Å². The van der Waals surface area contributed by atoms with Crippen LogP contribution in [-0.2, 0) is 38.8 Å². The van der Waals surface area contributed by atoms with Gasteiger partial charge in [-0.15, -0.1) is 0 Å². The molecule has 4 heteroatoms. The zero-order valence-electron chi connectivity index (χ0n) is 21.9. The van der Waals surface area contributed by atoms with Gasteiger partial charge in [-0.3, -0.25) is 0 Å². The van der Waals surface area contributed by atoms with Gasteiger partial charge in [0.05, 0.1) is 26.4 Å². The second kappa shape index (κ2) is 15.7. The van der Waals surface area contributed by atoms with Gasteiger partial charge in [-0.2, -0.15) is 0 Å². The van der Waals surface area contributed by atoms with E-state index in [1.54, 1.807) is 7.11 Å². The van der Waals surface area contributed by atoms with Crippen LogP contribution in [-0.4, -0.2) is 32.0 Å². The van der Waals surface area contributed by atoms with Crippen LogP contribution in [0.2, 0.25) is 0 Å². The summed E-state index contributed by atoms with van der Waals surface area (Å²) in [5.41, 5.74) is 4.40. The first-order valence-corrected chi connectivity index (χ1v) is 13.0. The highest BCUT2D eigenvalue weighted by atomic mass is 16.6. The van der Waals surface area contributed by atoms with Gasteiger partial charge in [0.15, 0.2) is 0 Å². The molecule has 196 valence electrons. The number of methoxy groups -OCH3 is 1. The molecule has 0 unspecified atom stereocenters. The third kappa shape index (κ3) is 9.09. The van der Waals surface area contributed by atoms with Crippen molar-refractivity contribution in [1.29, 1.82) is 0 Å². The van der Waals surface area contributed by atoms with Crippen LogP contribution < -0.4 is 0 Å². The van der Waals surface area contributed by atoms with Crippen LogP contribution in [0.15, 0.2) is 127 Å². The lowest BCUT2D eigenvalue weighted by Crippen LogP contribution is -2.43. The maximum Gasteiger partial charge on any atom is 0.116 e. The van der Waals surface area contributed by atoms with E-state index >= 15 is 0 Å². The zero-order valence-corrected chi connectivity index (χ0v) is 21.9. The smallest absolute Gasteiger partial charge is 0.116 e. The second-order valence-corrected chi connectivity index (χ2v) is 9.07. The van der Waals surface area contributed by atoms with Crippen molar-refractivity contribution in [3.05, 3.63) is 150 Å². The van der Waals surface area contributed by atoms with Crippen LogP contribution in [0.5, 0.6) is 0 Å². The van der Waals surface area contributed by atoms with Crippen molar-refractivity contribution in [2.24, 2.45) is 0 Å². The van der Waals surface area contributed by atoms with Crippen molar-refractivity contribution >= 4 is 6.08 Å². The number of hydrogen-bond donors (Lipinski definition) is 0. The average molecular weight is 509 g/mol. The van der Waals surface area contributed by atoms with Crippen LogP contribution in [0.4, 0.5) is 0 Å². The fourth-order valence-corrected chi connectivity index (χ4v) is 4.14. The molecule has 0 spiro atoms. The van der Waals surface area contributed by atoms with Crippen LogP contribution in [0.3, 0.4) is 0 Å². The minimum Gasteiger partial charge on any atom is -0.376 e. The molecule has 0 saturated heterocycles. The zero-order chi connectivity index (χ0) is 26.3. The Labute approximate surface area is 226 Å². The summed E-state index contributed by atoms with van der Waals surface area (Å²) in [6, 6.07) is 40.7. The standard InChI is InChI=1S/C34H36O4/c1-35-33(27-36-24-29-16-8-3-9-17-29)34(38-26-31-20-12-5-13-21-31)32(23-22-28-14-6-2-7-15-28)37-25-30-18-10-4-11-19-30/h2-23,32-34H,24-27H2,1H3/b23-22+/t32-,33+,34+/m0/s1. The Bertz CT molecular complexity index is 1180. The predicted molar refractivity (Wildman–Crippen MR) is 152 cm³/mol. The molecular weight excluding hydrogens is 472 g/mol. The predicted octanol–water partition coefficient (Wildman–Crippen LogP) is 7.10. The molecule has 0 bridgehead atoms. The lowest BCUT2D eigenvalue weighted by molar-refractivity contribution is -0.144. The molecule has 0 saturated carbocycles. The SMILES string of the molecule is CO[C@H](COCc1ccccc1)[C@H](OCc1ccccc1)[C@H](/C=C/c1ccccc1)OCc1ccccc1. The van der Waals surface area contributed by atoms with Gasteiger partial charge in [-0.1, -0.05) is 133 Å². The summed E-state index contributed by atoms with van der Waals surface area (Å²) >= 11 is 0. The van der Waals surface area contributed by atoms with Crippen LogP contribution in [0.1, 0.15) is 22.3 Å². The van der Waals surface area contributed by atoms with E-state index in [0.717, 1.165) is 22.3 Å². The van der Waals surface area contributed by atoms with E-state index < -0.39 is 6.10 Å². The molecular formula is C34H36O4. The quantitative estimate of drug-likeness (QED) is 0.172. The molecule has 0 radical (unpaired) electrons. The minimum atomic E-state index is -0.403. The van der Waals surface area contributed by atoms with Crippen molar-refractivity contribution in [2.75, 3.05) is 13.7 Å². The summed E-state index contributed by atoms with van der Waals surface area (Å²) in [5.74, 6) is 0. The Morgan fingerprint density at radius 2 is 1.05 bits per heavy atom. The van der Waals surface area contributed by atoms with Gasteiger partial charge in [0.2, 0.25) is 0 Å². The Hall–Kier alpha value is -3.54. The molecule has 0 N–H and O–H groups in total. The highest BCUT2D eigenvalue weighted by molar-refractivity contribution is 5.49. The first-order valence-electron chi connectivity index (χ1n) is 13.0. The molecule has 4 nitrogen and oxygen atoms in total. The van der Waals surface area contributed by atoms with E-state index in [2.05, 4.69) is 60.7 Å². The fourth-order valence-electron chi connectivity index (χ4n) is 4.14. The molecule has 0 fully saturated rings. The van der Waals surface area contributed by atoms with Gasteiger partial charge in [-0.25, -0.2) is 0 Å². The van der Waals surface area contributed by atoms with Crippen molar-refractivity contribution in [3.8, 4) is 0 Å². The summed E-state index contributed by atoms with van der Waals surface area (Å²) in [6.45, 7) is 1.77. The molecule has 0 aromatic heterocycles. The Kier molecular flexibility index (Phi) is 11.3. The third-order valence-electron chi connectivity index (χ3n) is 6.24. The second-order valence-electron chi connectivity index (χ2n) is 9.07. The highest BCUT2D eigenvalue weighted by Crippen LogP contribution is 2.20. The molecule has 4 rings (SSSR count). The molecule has 0 aliphatic carbocycles. The largest absolute Gasteiger partial charge is 0.376 e. The molecule has 0 heterocycles. The van der Waals surface area contributed by atoms with Gasteiger partial charge in [0.25, 0.3) is 0 Å². The first-order chi connectivity index (χ1) is 18.8. The topological polar surface area (TPSA) is 36.9 Å². The molecule has 3 atom stereocenters. The van der Waals surface area contributed by atoms with Gasteiger partial charge >= 0.3 is 0 Å². The van der Waals surface area contributed by atoms with Crippen LogP contribution >= 0.6 is 0 Å². The fraction of sp³-hybridized carbons (Fsp3) is 0.235. The summed E-state index contributed by atoms with van der Waals surface area (Å²) < 4.78 is 25.1. The van der Waals surface area contributed by atoms with E-state index in [1.165, 1.54) is 0 Å². The summed E-state index contributed by atoms with van der Waals surface area (Å²) in [4.78, 5) is 0. The average Bonchev–Trinajstić information content (AvgIpc) is 2.99. The van der Waals surface area contributed by atoms with Crippen molar-refractivity contribution in [2.45, 2.75) is 38.1 Å². The van der Waals surface area contributed by atoms with Crippen molar-refractivity contribution in [1.82, 2.24) is 0 Å². The Morgan fingerprint density at radius 3 is 1.58 bits per heavy atom. The summed E-state index contributed by atoms with van der Waals surface area (Å²) in [7, 11) is 1.70. The molecule has 38 heavy (non-hydrogen) atoms. The van der Waals surface area contributed by atoms with E-state index in [1.807, 2.05) is 72.8 Å². The molecule has 0 aliphatic rings. The van der Waals surface area contributed by atoms with E-state index in [0.29, 0.717) is 26.4 Å². The number of rotatable bonds is 15. The summed E-state index contributed by atoms with van der Waals surface area (Å²) in [5, 5.41) is 0. The van der Waals surface area contributed by atoms with Gasteiger partial charge in [0.1, 0.15) is 18.3 Å². The molecule has 4 aromatic rings. The lowest BCUT2D eigenvalue weighted by Gasteiger charge is -2.31. The monoisotopic (exact) mass is 508 g/mol. The Balaban J connectivity index is 1.55. The number of hydrogen-bond acceptors (Lipinski definition) is 4. The molecule has 0 amide bonds. The number of ether oxygens (including phenoxy) is 4. The lowest BCUT2D eigenvalue weighted by atomic mass is 10.1. The molecule has 4 aromatic carbocycles. The molecule has 0 aliphatic heterocycles. The van der Waals surface area contributed by atoms with E-state index in [4.69, 9.17) is 18.9 Å². The van der Waals surface area contributed by atoms with Crippen molar-refractivity contribution < 1.29 is 18.9 Å². The maximum atomic E-state index is 6.54. The maximum absolute atomic E-state index is 6.54. The summed E-state index contributed by atoms with van der Waals surface area (Å²) in [6.07, 6.45) is 3.02. The first kappa shape index (κ1) is 27.5. The number of benzene rings is 4. The highest BCUT2D eigenvalue weighted by Gasteiger charge is 2.31. The van der Waals surface area contributed by atoms with Gasteiger partial charge in [-0.05, 0) is 22.3 Å². The van der Waals surface area contributed by atoms with Gasteiger partial charge in [0, 0.05) is 7.11 Å². The normalized spacial score (nSPS) is 13.8. The third-order valence-corrected chi connectivity index (χ3v) is 6.24. The van der Waals surface area contributed by atoms with E-state index in [9.17, 15) is 0 Å².